The van der Waals surface area contributed by atoms with Gasteiger partial charge in [0.05, 0.1) is 12.3 Å². The van der Waals surface area contributed by atoms with Gasteiger partial charge >= 0.3 is 6.09 Å². The average molecular weight is 246 g/mol. The number of ether oxygens (including phenoxy) is 1. The summed E-state index contributed by atoms with van der Waals surface area (Å²) in [5, 5.41) is 4.03. The number of benzene rings is 1. The molecule has 1 aromatic rings. The van der Waals surface area contributed by atoms with Gasteiger partial charge < -0.3 is 4.74 Å². The molecule has 1 aliphatic rings. The number of amides is 1. The van der Waals surface area contributed by atoms with Crippen molar-refractivity contribution >= 4 is 11.8 Å². The summed E-state index contributed by atoms with van der Waals surface area (Å²) in [5.41, 5.74) is 7.05. The number of nitrogens with one attached hydrogen (secondary N) is 1. The van der Waals surface area contributed by atoms with Gasteiger partial charge in [-0.15, -0.1) is 0 Å². The summed E-state index contributed by atoms with van der Waals surface area (Å²) in [6.07, 6.45) is 3.03. The van der Waals surface area contributed by atoms with E-state index in [4.69, 9.17) is 4.74 Å². The van der Waals surface area contributed by atoms with Gasteiger partial charge in [0.1, 0.15) is 0 Å². The number of hydrazone groups is 1. The first kappa shape index (κ1) is 12.6. The quantitative estimate of drug-likeness (QED) is 0.658. The van der Waals surface area contributed by atoms with Crippen molar-refractivity contribution in [3.05, 3.63) is 34.9 Å². The van der Waals surface area contributed by atoms with Gasteiger partial charge in [0.15, 0.2) is 0 Å². The van der Waals surface area contributed by atoms with E-state index < -0.39 is 6.09 Å². The lowest BCUT2D eigenvalue weighted by Crippen LogP contribution is -2.20. The molecule has 1 amide bonds. The molecule has 0 spiro atoms. The third-order valence-corrected chi connectivity index (χ3v) is 3.11. The Morgan fingerprint density at radius 2 is 2.17 bits per heavy atom. The van der Waals surface area contributed by atoms with Crippen molar-refractivity contribution in [3.8, 4) is 0 Å². The summed E-state index contributed by atoms with van der Waals surface area (Å²) in [6.45, 7) is 3.98. The fourth-order valence-corrected chi connectivity index (χ4v) is 2.15. The van der Waals surface area contributed by atoms with Crippen LogP contribution in [0.25, 0.3) is 0 Å². The Kier molecular flexibility index (Phi) is 3.97. The Morgan fingerprint density at radius 1 is 1.39 bits per heavy atom. The second-order valence-corrected chi connectivity index (χ2v) is 4.37. The first-order valence-electron chi connectivity index (χ1n) is 6.30. The number of hydrogen-bond acceptors (Lipinski definition) is 3. The van der Waals surface area contributed by atoms with Crippen molar-refractivity contribution in [1.82, 2.24) is 5.43 Å². The number of fused-ring (bicyclic) bond motifs is 1. The molecule has 2 rings (SSSR count). The number of nitrogens with zero attached hydrogens (tertiary/aromatic N) is 1. The largest absolute Gasteiger partial charge is 0.449 e. The Morgan fingerprint density at radius 3 is 2.94 bits per heavy atom. The van der Waals surface area contributed by atoms with E-state index in [0.29, 0.717) is 6.61 Å². The van der Waals surface area contributed by atoms with E-state index in [2.05, 4.69) is 28.7 Å². The molecule has 4 nitrogen and oxygen atoms in total. The van der Waals surface area contributed by atoms with Crippen LogP contribution in [0, 0.1) is 0 Å². The molecule has 0 aromatic heterocycles. The van der Waals surface area contributed by atoms with E-state index in [9.17, 15) is 4.79 Å². The molecule has 1 N–H and O–H groups in total. The topological polar surface area (TPSA) is 50.7 Å². The summed E-state index contributed by atoms with van der Waals surface area (Å²) >= 11 is 0. The Labute approximate surface area is 107 Å². The molecule has 96 valence electrons. The first-order valence-corrected chi connectivity index (χ1v) is 6.30. The van der Waals surface area contributed by atoms with Gasteiger partial charge in [0, 0.05) is 0 Å². The zero-order valence-electron chi connectivity index (χ0n) is 10.8. The van der Waals surface area contributed by atoms with Crippen molar-refractivity contribution < 1.29 is 9.53 Å². The molecule has 0 fully saturated rings. The molecule has 1 aromatic carbocycles. The van der Waals surface area contributed by atoms with E-state index in [1.807, 2.05) is 6.92 Å². The van der Waals surface area contributed by atoms with Crippen LogP contribution in [0.4, 0.5) is 4.79 Å². The minimum absolute atomic E-state index is 0.346. The summed E-state index contributed by atoms with van der Waals surface area (Å²) < 4.78 is 4.75. The van der Waals surface area contributed by atoms with Crippen LogP contribution < -0.4 is 5.43 Å². The summed E-state index contributed by atoms with van der Waals surface area (Å²) in [6, 6.07) is 6.37. The molecule has 4 heteroatoms. The Hall–Kier alpha value is -1.84. The van der Waals surface area contributed by atoms with Gasteiger partial charge in [0.2, 0.25) is 0 Å². The highest BCUT2D eigenvalue weighted by Gasteiger charge is 2.11. The fraction of sp³-hybridized carbons (Fsp3) is 0.429. The van der Waals surface area contributed by atoms with E-state index in [1.54, 1.807) is 6.92 Å². The standard InChI is InChI=1S/C14H18N2O2/c1-3-18-14(17)16-15-10(2)12-8-7-11-5-4-6-13(11)9-12/h7-9H,3-6H2,1-2H3,(H,16,17)/b15-10-. The second kappa shape index (κ2) is 5.67. The molecule has 18 heavy (non-hydrogen) atoms. The molecule has 0 atom stereocenters. The van der Waals surface area contributed by atoms with Crippen LogP contribution in [0.2, 0.25) is 0 Å². The average Bonchev–Trinajstić information content (AvgIpc) is 2.83. The number of hydrogen-bond donors (Lipinski definition) is 1. The molecule has 0 saturated heterocycles. The second-order valence-electron chi connectivity index (χ2n) is 4.37. The zero-order chi connectivity index (χ0) is 13.0. The van der Waals surface area contributed by atoms with E-state index in [0.717, 1.165) is 17.7 Å². The predicted octanol–water partition coefficient (Wildman–Crippen LogP) is 2.65. The van der Waals surface area contributed by atoms with Gasteiger partial charge in [-0.2, -0.15) is 5.10 Å². The van der Waals surface area contributed by atoms with Crippen molar-refractivity contribution in [2.75, 3.05) is 6.61 Å². The lowest BCUT2D eigenvalue weighted by atomic mass is 10.0. The van der Waals surface area contributed by atoms with E-state index >= 15 is 0 Å². The molecule has 0 unspecified atom stereocenters. The maximum absolute atomic E-state index is 11.1. The number of carbonyl (C=O) groups excluding carboxylic acids is 1. The Balaban J connectivity index is 2.06. The van der Waals surface area contributed by atoms with Gasteiger partial charge in [-0.1, -0.05) is 12.1 Å². The van der Waals surface area contributed by atoms with Crippen LogP contribution >= 0.6 is 0 Å². The SMILES string of the molecule is CCOC(=O)N/N=C(/C)c1ccc2c(c1)CCC2. The highest BCUT2D eigenvalue weighted by molar-refractivity contribution is 5.99. The van der Waals surface area contributed by atoms with Crippen LogP contribution in [0.15, 0.2) is 23.3 Å². The van der Waals surface area contributed by atoms with Crippen LogP contribution in [-0.2, 0) is 17.6 Å². The van der Waals surface area contributed by atoms with Crippen molar-refractivity contribution in [3.63, 3.8) is 0 Å². The molecule has 0 aliphatic heterocycles. The van der Waals surface area contributed by atoms with Crippen molar-refractivity contribution in [1.29, 1.82) is 0 Å². The van der Waals surface area contributed by atoms with Crippen LogP contribution in [0.1, 0.15) is 37.0 Å². The van der Waals surface area contributed by atoms with Crippen molar-refractivity contribution in [2.24, 2.45) is 5.10 Å². The lowest BCUT2D eigenvalue weighted by molar-refractivity contribution is 0.152. The molecule has 0 saturated carbocycles. The summed E-state index contributed by atoms with van der Waals surface area (Å²) in [7, 11) is 0. The highest BCUT2D eigenvalue weighted by atomic mass is 16.5. The minimum atomic E-state index is -0.516. The van der Waals surface area contributed by atoms with Crippen molar-refractivity contribution in [2.45, 2.75) is 33.1 Å². The maximum atomic E-state index is 11.1. The maximum Gasteiger partial charge on any atom is 0.427 e. The Bertz CT molecular complexity index is 481. The van der Waals surface area contributed by atoms with Crippen LogP contribution in [-0.4, -0.2) is 18.4 Å². The van der Waals surface area contributed by atoms with Gasteiger partial charge in [-0.05, 0) is 55.9 Å². The molecule has 0 bridgehead atoms. The monoisotopic (exact) mass is 246 g/mol. The van der Waals surface area contributed by atoms with Crippen LogP contribution in [0.3, 0.4) is 0 Å². The fourth-order valence-electron chi connectivity index (χ4n) is 2.15. The highest BCUT2D eigenvalue weighted by Crippen LogP contribution is 2.22. The zero-order valence-corrected chi connectivity index (χ0v) is 10.8. The first-order chi connectivity index (χ1) is 8.70. The third kappa shape index (κ3) is 2.88. The van der Waals surface area contributed by atoms with Gasteiger partial charge in [-0.3, -0.25) is 0 Å². The minimum Gasteiger partial charge on any atom is -0.449 e. The number of rotatable bonds is 3. The number of carbonyl (C=O) groups is 1. The van der Waals surface area contributed by atoms with Crippen LogP contribution in [0.5, 0.6) is 0 Å². The lowest BCUT2D eigenvalue weighted by Gasteiger charge is -2.05. The molecular weight excluding hydrogens is 228 g/mol. The molecule has 0 radical (unpaired) electrons. The van der Waals surface area contributed by atoms with E-state index in [-0.39, 0.29) is 0 Å². The molecular formula is C14H18N2O2. The molecule has 0 heterocycles. The van der Waals surface area contributed by atoms with Gasteiger partial charge in [-0.25, -0.2) is 10.2 Å². The molecule has 1 aliphatic carbocycles. The summed E-state index contributed by atoms with van der Waals surface area (Å²) in [4.78, 5) is 11.1. The third-order valence-electron chi connectivity index (χ3n) is 3.11. The van der Waals surface area contributed by atoms with E-state index in [1.165, 1.54) is 24.0 Å². The predicted molar refractivity (Wildman–Crippen MR) is 70.8 cm³/mol. The van der Waals surface area contributed by atoms with Gasteiger partial charge in [0.25, 0.3) is 0 Å². The normalized spacial score (nSPS) is 14.2. The number of aryl methyl sites for hydroxylation is 2. The smallest absolute Gasteiger partial charge is 0.427 e. The summed E-state index contributed by atoms with van der Waals surface area (Å²) in [5.74, 6) is 0.